The zero-order chi connectivity index (χ0) is 19.9. The van der Waals surface area contributed by atoms with E-state index in [1.165, 1.54) is 5.56 Å². The molecule has 0 aromatic heterocycles. The third kappa shape index (κ3) is 5.24. The Morgan fingerprint density at radius 2 is 1.68 bits per heavy atom. The largest absolute Gasteiger partial charge is 0.497 e. The summed E-state index contributed by atoms with van der Waals surface area (Å²) < 4.78 is 10.3. The molecule has 0 spiro atoms. The Kier molecular flexibility index (Phi) is 6.90. The van der Waals surface area contributed by atoms with Gasteiger partial charge in [-0.15, -0.1) is 0 Å². The summed E-state index contributed by atoms with van der Waals surface area (Å²) in [5.41, 5.74) is 1.73. The van der Waals surface area contributed by atoms with Gasteiger partial charge in [-0.05, 0) is 61.3 Å². The van der Waals surface area contributed by atoms with Crippen molar-refractivity contribution in [3.8, 4) is 11.5 Å². The number of rotatable bonds is 6. The second kappa shape index (κ2) is 9.57. The third-order valence-electron chi connectivity index (χ3n) is 5.13. The van der Waals surface area contributed by atoms with Crippen LogP contribution >= 0.6 is 0 Å². The standard InChI is InChI=1S/C22H28N2O4/c1-27-18-9-5-16(6-10-18)14-24-13-3-4-21(25)20(15-24)23-22(26)17-7-11-19(28-2)12-8-17/h5-12,20-21,25H,3-4,13-15H2,1-2H3,(H,23,26)/t20-,21-/m1/s1. The Morgan fingerprint density at radius 3 is 2.29 bits per heavy atom. The van der Waals surface area contributed by atoms with Gasteiger partial charge in [-0.1, -0.05) is 12.1 Å². The van der Waals surface area contributed by atoms with Gasteiger partial charge in [0.1, 0.15) is 11.5 Å². The first-order valence-electron chi connectivity index (χ1n) is 9.57. The molecule has 6 heteroatoms. The molecule has 1 aliphatic heterocycles. The molecule has 2 N–H and O–H groups in total. The third-order valence-corrected chi connectivity index (χ3v) is 5.13. The van der Waals surface area contributed by atoms with Gasteiger partial charge in [-0.2, -0.15) is 0 Å². The van der Waals surface area contributed by atoms with Crippen LogP contribution in [0.3, 0.4) is 0 Å². The van der Waals surface area contributed by atoms with E-state index < -0.39 is 6.10 Å². The number of carbonyl (C=O) groups is 1. The van der Waals surface area contributed by atoms with Gasteiger partial charge in [0.2, 0.25) is 0 Å². The first-order valence-corrected chi connectivity index (χ1v) is 9.57. The van der Waals surface area contributed by atoms with Gasteiger partial charge in [0.25, 0.3) is 5.91 Å². The number of aliphatic hydroxyl groups is 1. The van der Waals surface area contributed by atoms with Crippen LogP contribution < -0.4 is 14.8 Å². The summed E-state index contributed by atoms with van der Waals surface area (Å²) in [4.78, 5) is 14.9. The SMILES string of the molecule is COc1ccc(CN2CCC[C@@H](O)[C@H](NC(=O)c3ccc(OC)cc3)C2)cc1. The van der Waals surface area contributed by atoms with Crippen molar-refractivity contribution in [2.45, 2.75) is 31.5 Å². The topological polar surface area (TPSA) is 71.0 Å². The number of methoxy groups -OCH3 is 2. The van der Waals surface area contributed by atoms with Crippen LogP contribution in [0.5, 0.6) is 11.5 Å². The molecule has 0 saturated carbocycles. The van der Waals surface area contributed by atoms with Gasteiger partial charge < -0.3 is 19.9 Å². The second-order valence-corrected chi connectivity index (χ2v) is 7.10. The number of likely N-dealkylation sites (tertiary alicyclic amines) is 1. The van der Waals surface area contributed by atoms with Crippen molar-refractivity contribution in [3.63, 3.8) is 0 Å². The average Bonchev–Trinajstić information content (AvgIpc) is 2.89. The Labute approximate surface area is 166 Å². The number of benzene rings is 2. The van der Waals surface area contributed by atoms with E-state index in [4.69, 9.17) is 9.47 Å². The van der Waals surface area contributed by atoms with E-state index in [0.717, 1.165) is 25.3 Å². The van der Waals surface area contributed by atoms with Gasteiger partial charge in [0.05, 0.1) is 26.4 Å². The predicted molar refractivity (Wildman–Crippen MR) is 108 cm³/mol. The van der Waals surface area contributed by atoms with Gasteiger partial charge in [-0.25, -0.2) is 0 Å². The van der Waals surface area contributed by atoms with Gasteiger partial charge in [0, 0.05) is 18.7 Å². The molecule has 150 valence electrons. The van der Waals surface area contributed by atoms with Gasteiger partial charge in [-0.3, -0.25) is 9.69 Å². The number of amides is 1. The molecule has 1 saturated heterocycles. The second-order valence-electron chi connectivity index (χ2n) is 7.10. The Bertz CT molecular complexity index is 761. The lowest BCUT2D eigenvalue weighted by atomic mass is 10.1. The van der Waals surface area contributed by atoms with Crippen molar-refractivity contribution >= 4 is 5.91 Å². The molecule has 0 unspecified atom stereocenters. The lowest BCUT2D eigenvalue weighted by Crippen LogP contribution is -2.48. The fourth-order valence-corrected chi connectivity index (χ4v) is 3.49. The van der Waals surface area contributed by atoms with E-state index in [9.17, 15) is 9.90 Å². The van der Waals surface area contributed by atoms with E-state index in [1.54, 1.807) is 38.5 Å². The minimum absolute atomic E-state index is 0.182. The van der Waals surface area contributed by atoms with Crippen LogP contribution in [0.4, 0.5) is 0 Å². The van der Waals surface area contributed by atoms with Crippen molar-refractivity contribution in [2.24, 2.45) is 0 Å². The van der Waals surface area contributed by atoms with Crippen molar-refractivity contribution in [1.82, 2.24) is 10.2 Å². The molecule has 3 rings (SSSR count). The van der Waals surface area contributed by atoms with Crippen LogP contribution in [-0.2, 0) is 6.54 Å². The van der Waals surface area contributed by atoms with Crippen molar-refractivity contribution in [3.05, 3.63) is 59.7 Å². The fourth-order valence-electron chi connectivity index (χ4n) is 3.49. The number of hydrogen-bond acceptors (Lipinski definition) is 5. The highest BCUT2D eigenvalue weighted by atomic mass is 16.5. The Morgan fingerprint density at radius 1 is 1.07 bits per heavy atom. The highest BCUT2D eigenvalue weighted by Gasteiger charge is 2.27. The molecular weight excluding hydrogens is 356 g/mol. The Hall–Kier alpha value is -2.57. The molecule has 6 nitrogen and oxygen atoms in total. The average molecular weight is 384 g/mol. The highest BCUT2D eigenvalue weighted by Crippen LogP contribution is 2.18. The van der Waals surface area contributed by atoms with Gasteiger partial charge >= 0.3 is 0 Å². The number of nitrogens with one attached hydrogen (secondary N) is 1. The molecule has 1 amide bonds. The summed E-state index contributed by atoms with van der Waals surface area (Å²) >= 11 is 0. The molecule has 0 bridgehead atoms. The number of aliphatic hydroxyl groups excluding tert-OH is 1. The molecule has 1 aliphatic rings. The molecule has 0 radical (unpaired) electrons. The number of ether oxygens (including phenoxy) is 2. The van der Waals surface area contributed by atoms with Crippen LogP contribution in [0.25, 0.3) is 0 Å². The molecule has 28 heavy (non-hydrogen) atoms. The molecule has 1 fully saturated rings. The smallest absolute Gasteiger partial charge is 0.251 e. The molecule has 0 aliphatic carbocycles. The van der Waals surface area contributed by atoms with E-state index in [0.29, 0.717) is 24.3 Å². The minimum atomic E-state index is -0.553. The fraction of sp³-hybridized carbons (Fsp3) is 0.409. The summed E-state index contributed by atoms with van der Waals surface area (Å²) in [6.45, 7) is 2.26. The normalized spacial score (nSPS) is 20.2. The highest BCUT2D eigenvalue weighted by molar-refractivity contribution is 5.94. The summed E-state index contributed by atoms with van der Waals surface area (Å²) in [6, 6.07) is 14.7. The number of carbonyl (C=O) groups excluding carboxylic acids is 1. The molecule has 2 aromatic rings. The predicted octanol–water partition coefficient (Wildman–Crippen LogP) is 2.46. The van der Waals surface area contributed by atoms with Crippen molar-refractivity contribution in [2.75, 3.05) is 27.3 Å². The summed E-state index contributed by atoms with van der Waals surface area (Å²) in [5.74, 6) is 1.36. The summed E-state index contributed by atoms with van der Waals surface area (Å²) in [7, 11) is 3.25. The van der Waals surface area contributed by atoms with Crippen LogP contribution in [0.2, 0.25) is 0 Å². The molecule has 2 aromatic carbocycles. The summed E-state index contributed by atoms with van der Waals surface area (Å²) in [5, 5.41) is 13.5. The van der Waals surface area contributed by atoms with E-state index >= 15 is 0 Å². The number of nitrogens with zero attached hydrogens (tertiary/aromatic N) is 1. The van der Waals surface area contributed by atoms with E-state index in [-0.39, 0.29) is 11.9 Å². The van der Waals surface area contributed by atoms with E-state index in [1.807, 2.05) is 24.3 Å². The molecule has 2 atom stereocenters. The maximum Gasteiger partial charge on any atom is 0.251 e. The van der Waals surface area contributed by atoms with Crippen LogP contribution in [0, 0.1) is 0 Å². The van der Waals surface area contributed by atoms with Crippen LogP contribution in [0.15, 0.2) is 48.5 Å². The lowest BCUT2D eigenvalue weighted by Gasteiger charge is -2.27. The lowest BCUT2D eigenvalue weighted by molar-refractivity contribution is 0.0798. The molecular formula is C22H28N2O4. The zero-order valence-electron chi connectivity index (χ0n) is 16.4. The maximum atomic E-state index is 12.6. The zero-order valence-corrected chi connectivity index (χ0v) is 16.4. The summed E-state index contributed by atoms with van der Waals surface area (Å²) in [6.07, 6.45) is 1.02. The van der Waals surface area contributed by atoms with E-state index in [2.05, 4.69) is 10.2 Å². The maximum absolute atomic E-state index is 12.6. The van der Waals surface area contributed by atoms with Crippen molar-refractivity contribution < 1.29 is 19.4 Å². The monoisotopic (exact) mass is 384 g/mol. The molecule has 1 heterocycles. The first-order chi connectivity index (χ1) is 13.6. The number of hydrogen-bond donors (Lipinski definition) is 2. The Balaban J connectivity index is 1.63. The van der Waals surface area contributed by atoms with Crippen LogP contribution in [0.1, 0.15) is 28.8 Å². The van der Waals surface area contributed by atoms with Crippen LogP contribution in [-0.4, -0.2) is 55.4 Å². The first kappa shape index (κ1) is 20.2. The van der Waals surface area contributed by atoms with Gasteiger partial charge in [0.15, 0.2) is 0 Å². The van der Waals surface area contributed by atoms with Crippen molar-refractivity contribution in [1.29, 1.82) is 0 Å². The quantitative estimate of drug-likeness (QED) is 0.801. The minimum Gasteiger partial charge on any atom is -0.497 e.